The molecule has 0 radical (unpaired) electrons. The lowest BCUT2D eigenvalue weighted by molar-refractivity contribution is -0.132. The standard InChI is InChI=1S/C28H23NO6/c1-16-14-20-15-19(10-13-22(20)35-16)25(30)23-24(17-6-4-3-5-7-17)29(27(32)26(23)31)21-11-8-18(9-12-21)28(33)34-2/h3-13,15-16,24,30H,14H2,1-2H3/b25-23-. The van der Waals surface area contributed by atoms with E-state index in [-0.39, 0.29) is 17.4 Å². The molecule has 2 heterocycles. The molecule has 0 bridgehead atoms. The van der Waals surface area contributed by atoms with Gasteiger partial charge in [0.15, 0.2) is 0 Å². The van der Waals surface area contributed by atoms with Crippen molar-refractivity contribution in [2.75, 3.05) is 12.0 Å². The summed E-state index contributed by atoms with van der Waals surface area (Å²) < 4.78 is 10.5. The minimum absolute atomic E-state index is 0.00478. The molecule has 176 valence electrons. The van der Waals surface area contributed by atoms with E-state index in [0.29, 0.717) is 28.8 Å². The lowest BCUT2D eigenvalue weighted by Gasteiger charge is -2.25. The minimum atomic E-state index is -0.844. The Balaban J connectivity index is 1.64. The molecule has 2 aliphatic rings. The van der Waals surface area contributed by atoms with E-state index < -0.39 is 23.7 Å². The number of hydrogen-bond donors (Lipinski definition) is 1. The first kappa shape index (κ1) is 22.4. The van der Waals surface area contributed by atoms with Crippen molar-refractivity contribution >= 4 is 29.1 Å². The van der Waals surface area contributed by atoms with E-state index in [1.54, 1.807) is 42.5 Å². The number of benzene rings is 3. The topological polar surface area (TPSA) is 93.1 Å². The Kier molecular flexibility index (Phi) is 5.61. The van der Waals surface area contributed by atoms with Crippen molar-refractivity contribution in [3.63, 3.8) is 0 Å². The van der Waals surface area contributed by atoms with Gasteiger partial charge in [-0.2, -0.15) is 0 Å². The highest BCUT2D eigenvalue weighted by atomic mass is 16.5. The van der Waals surface area contributed by atoms with Crippen LogP contribution >= 0.6 is 0 Å². The van der Waals surface area contributed by atoms with Crippen LogP contribution in [0.25, 0.3) is 5.76 Å². The van der Waals surface area contributed by atoms with Crippen LogP contribution in [0, 0.1) is 0 Å². The SMILES string of the molecule is COC(=O)c1ccc(N2C(=O)C(=O)/C(=C(\O)c3ccc4c(c3)CC(C)O4)C2c2ccccc2)cc1. The summed E-state index contributed by atoms with van der Waals surface area (Å²) >= 11 is 0. The van der Waals surface area contributed by atoms with Gasteiger partial charge in [0.25, 0.3) is 11.7 Å². The van der Waals surface area contributed by atoms with Crippen molar-refractivity contribution in [1.29, 1.82) is 0 Å². The van der Waals surface area contributed by atoms with Crippen molar-refractivity contribution in [3.05, 3.63) is 101 Å². The van der Waals surface area contributed by atoms with Gasteiger partial charge < -0.3 is 14.6 Å². The van der Waals surface area contributed by atoms with Crippen LogP contribution in [0.2, 0.25) is 0 Å². The zero-order valence-corrected chi connectivity index (χ0v) is 19.2. The average Bonchev–Trinajstić information content (AvgIpc) is 3.39. The van der Waals surface area contributed by atoms with Gasteiger partial charge in [0.1, 0.15) is 17.6 Å². The van der Waals surface area contributed by atoms with Gasteiger partial charge in [-0.15, -0.1) is 0 Å². The second kappa shape index (κ2) is 8.76. The Labute approximate surface area is 202 Å². The molecule has 1 fully saturated rings. The van der Waals surface area contributed by atoms with Crippen LogP contribution in [0.3, 0.4) is 0 Å². The first-order chi connectivity index (χ1) is 16.9. The fraction of sp³-hybridized carbons (Fsp3) is 0.179. The third kappa shape index (κ3) is 3.85. The second-order valence-corrected chi connectivity index (χ2v) is 8.57. The van der Waals surface area contributed by atoms with Crippen molar-refractivity contribution in [3.8, 4) is 5.75 Å². The molecule has 3 aromatic rings. The summed E-state index contributed by atoms with van der Waals surface area (Å²) in [6.45, 7) is 1.96. The van der Waals surface area contributed by atoms with Gasteiger partial charge in [0.2, 0.25) is 0 Å². The lowest BCUT2D eigenvalue weighted by atomic mass is 9.94. The lowest BCUT2D eigenvalue weighted by Crippen LogP contribution is -2.29. The molecule has 35 heavy (non-hydrogen) atoms. The van der Waals surface area contributed by atoms with Gasteiger partial charge in [-0.3, -0.25) is 14.5 Å². The summed E-state index contributed by atoms with van der Waals surface area (Å²) in [6.07, 6.45) is 0.727. The largest absolute Gasteiger partial charge is 0.507 e. The third-order valence-corrected chi connectivity index (χ3v) is 6.30. The summed E-state index contributed by atoms with van der Waals surface area (Å²) in [5.74, 6) is -1.54. The van der Waals surface area contributed by atoms with Gasteiger partial charge in [0, 0.05) is 17.7 Å². The zero-order valence-electron chi connectivity index (χ0n) is 19.2. The fourth-order valence-electron chi connectivity index (χ4n) is 4.65. The van der Waals surface area contributed by atoms with Crippen LogP contribution in [-0.4, -0.2) is 36.0 Å². The van der Waals surface area contributed by atoms with Crippen LogP contribution in [0.1, 0.15) is 40.0 Å². The number of ether oxygens (including phenoxy) is 2. The molecule has 2 aliphatic heterocycles. The molecule has 7 heteroatoms. The van der Waals surface area contributed by atoms with E-state index in [0.717, 1.165) is 11.3 Å². The predicted molar refractivity (Wildman–Crippen MR) is 129 cm³/mol. The first-order valence-corrected chi connectivity index (χ1v) is 11.2. The molecule has 0 aliphatic carbocycles. The Hall–Kier alpha value is -4.39. The average molecular weight is 469 g/mol. The Bertz CT molecular complexity index is 1360. The summed E-state index contributed by atoms with van der Waals surface area (Å²) in [4.78, 5) is 39.7. The molecule has 0 saturated carbocycles. The number of aliphatic hydroxyl groups is 1. The summed E-state index contributed by atoms with van der Waals surface area (Å²) in [7, 11) is 1.29. The number of hydrogen-bond acceptors (Lipinski definition) is 6. The fourth-order valence-corrected chi connectivity index (χ4v) is 4.65. The number of carbonyl (C=O) groups excluding carboxylic acids is 3. The highest BCUT2D eigenvalue weighted by Gasteiger charge is 2.47. The molecule has 7 nitrogen and oxygen atoms in total. The number of nitrogens with zero attached hydrogens (tertiary/aromatic N) is 1. The number of anilines is 1. The number of aliphatic hydroxyl groups excluding tert-OH is 1. The van der Waals surface area contributed by atoms with Crippen LogP contribution < -0.4 is 9.64 Å². The molecular formula is C28H23NO6. The van der Waals surface area contributed by atoms with Crippen LogP contribution in [-0.2, 0) is 20.7 Å². The molecule has 5 rings (SSSR count). The monoisotopic (exact) mass is 469 g/mol. The zero-order chi connectivity index (χ0) is 24.7. The predicted octanol–water partition coefficient (Wildman–Crippen LogP) is 4.42. The van der Waals surface area contributed by atoms with Gasteiger partial charge in [-0.25, -0.2) is 4.79 Å². The summed E-state index contributed by atoms with van der Waals surface area (Å²) in [5, 5.41) is 11.3. The maximum Gasteiger partial charge on any atom is 0.337 e. The molecule has 3 aromatic carbocycles. The number of fused-ring (bicyclic) bond motifs is 1. The van der Waals surface area contributed by atoms with Crippen molar-refractivity contribution < 1.29 is 29.0 Å². The van der Waals surface area contributed by atoms with Gasteiger partial charge in [0.05, 0.1) is 24.3 Å². The number of carbonyl (C=O) groups is 3. The normalized spacial score (nSPS) is 20.5. The Morgan fingerprint density at radius 3 is 2.37 bits per heavy atom. The van der Waals surface area contributed by atoms with Crippen LogP contribution in [0.5, 0.6) is 5.75 Å². The third-order valence-electron chi connectivity index (χ3n) is 6.30. The molecule has 1 saturated heterocycles. The van der Waals surface area contributed by atoms with E-state index in [1.807, 2.05) is 25.1 Å². The molecular weight excluding hydrogens is 446 g/mol. The maximum absolute atomic E-state index is 13.3. The highest BCUT2D eigenvalue weighted by Crippen LogP contribution is 2.42. The number of ketones is 1. The van der Waals surface area contributed by atoms with E-state index in [4.69, 9.17) is 9.47 Å². The molecule has 2 unspecified atom stereocenters. The van der Waals surface area contributed by atoms with Crippen molar-refractivity contribution in [1.82, 2.24) is 0 Å². The Morgan fingerprint density at radius 1 is 1.00 bits per heavy atom. The molecule has 1 amide bonds. The molecule has 0 spiro atoms. The number of Topliss-reactive ketones (excluding diaryl/α,β-unsaturated/α-hetero) is 1. The number of methoxy groups -OCH3 is 1. The van der Waals surface area contributed by atoms with Crippen molar-refractivity contribution in [2.24, 2.45) is 0 Å². The van der Waals surface area contributed by atoms with E-state index in [9.17, 15) is 19.5 Å². The minimum Gasteiger partial charge on any atom is -0.507 e. The van der Waals surface area contributed by atoms with E-state index in [2.05, 4.69) is 0 Å². The molecule has 2 atom stereocenters. The van der Waals surface area contributed by atoms with Crippen LogP contribution in [0.4, 0.5) is 5.69 Å². The summed E-state index contributed by atoms with van der Waals surface area (Å²) in [5.41, 5.74) is 2.79. The smallest absolute Gasteiger partial charge is 0.337 e. The van der Waals surface area contributed by atoms with Gasteiger partial charge in [-0.1, -0.05) is 30.3 Å². The number of esters is 1. The van der Waals surface area contributed by atoms with Crippen molar-refractivity contribution in [2.45, 2.75) is 25.5 Å². The Morgan fingerprint density at radius 2 is 1.69 bits per heavy atom. The second-order valence-electron chi connectivity index (χ2n) is 8.57. The van der Waals surface area contributed by atoms with E-state index in [1.165, 1.54) is 24.1 Å². The van der Waals surface area contributed by atoms with Gasteiger partial charge >= 0.3 is 5.97 Å². The quantitative estimate of drug-likeness (QED) is 0.263. The number of rotatable bonds is 4. The van der Waals surface area contributed by atoms with Crippen LogP contribution in [0.15, 0.2) is 78.4 Å². The maximum atomic E-state index is 13.3. The van der Waals surface area contributed by atoms with E-state index >= 15 is 0 Å². The first-order valence-electron chi connectivity index (χ1n) is 11.2. The van der Waals surface area contributed by atoms with Gasteiger partial charge in [-0.05, 0) is 60.5 Å². The highest BCUT2D eigenvalue weighted by molar-refractivity contribution is 6.51. The molecule has 0 aromatic heterocycles. The summed E-state index contributed by atoms with van der Waals surface area (Å²) in [6, 6.07) is 19.7. The number of amides is 1. The molecule has 1 N–H and O–H groups in total.